The van der Waals surface area contributed by atoms with E-state index in [9.17, 15) is 8.78 Å². The van der Waals surface area contributed by atoms with Crippen LogP contribution in [0.4, 0.5) is 8.78 Å². The predicted molar refractivity (Wildman–Crippen MR) is 79.6 cm³/mol. The first-order valence-electron chi connectivity index (χ1n) is 6.81. The summed E-state index contributed by atoms with van der Waals surface area (Å²) in [7, 11) is 3.38. The summed E-state index contributed by atoms with van der Waals surface area (Å²) in [4.78, 5) is 0. The van der Waals surface area contributed by atoms with Gasteiger partial charge in [0, 0.05) is 17.7 Å². The van der Waals surface area contributed by atoms with Crippen LogP contribution in [0, 0.1) is 18.6 Å². The fourth-order valence-corrected chi connectivity index (χ4v) is 2.35. The van der Waals surface area contributed by atoms with Gasteiger partial charge < -0.3 is 10.1 Å². The maximum atomic E-state index is 14.0. The molecule has 0 amide bonds. The van der Waals surface area contributed by atoms with Crippen LogP contribution in [0.1, 0.15) is 22.7 Å². The normalized spacial score (nSPS) is 12.2. The van der Waals surface area contributed by atoms with Crippen LogP contribution in [-0.2, 0) is 6.42 Å². The molecule has 0 radical (unpaired) electrons. The Morgan fingerprint density at radius 1 is 1.14 bits per heavy atom. The summed E-state index contributed by atoms with van der Waals surface area (Å²) in [6.45, 7) is 1.64. The Balaban J connectivity index is 2.29. The number of hydrogen-bond donors (Lipinski definition) is 1. The summed E-state index contributed by atoms with van der Waals surface area (Å²) >= 11 is 0. The van der Waals surface area contributed by atoms with Crippen molar-refractivity contribution in [2.24, 2.45) is 0 Å². The van der Waals surface area contributed by atoms with Crippen LogP contribution in [0.5, 0.6) is 5.75 Å². The molecule has 1 unspecified atom stereocenters. The van der Waals surface area contributed by atoms with Crippen molar-refractivity contribution in [1.29, 1.82) is 0 Å². The van der Waals surface area contributed by atoms with Crippen molar-refractivity contribution in [1.82, 2.24) is 5.32 Å². The van der Waals surface area contributed by atoms with Gasteiger partial charge in [-0.15, -0.1) is 0 Å². The van der Waals surface area contributed by atoms with Crippen LogP contribution in [-0.4, -0.2) is 14.2 Å². The Labute approximate surface area is 123 Å². The van der Waals surface area contributed by atoms with Crippen molar-refractivity contribution < 1.29 is 13.5 Å². The highest BCUT2D eigenvalue weighted by Gasteiger charge is 2.17. The molecular formula is C17H19F2NO. The lowest BCUT2D eigenvalue weighted by Crippen LogP contribution is -2.20. The number of aryl methyl sites for hydroxylation is 1. The van der Waals surface area contributed by atoms with Crippen LogP contribution in [0.2, 0.25) is 0 Å². The van der Waals surface area contributed by atoms with Gasteiger partial charge in [0.2, 0.25) is 0 Å². The van der Waals surface area contributed by atoms with Gasteiger partial charge in [0.05, 0.1) is 7.11 Å². The van der Waals surface area contributed by atoms with E-state index in [1.807, 2.05) is 24.3 Å². The van der Waals surface area contributed by atoms with Crippen molar-refractivity contribution in [3.63, 3.8) is 0 Å². The number of benzene rings is 2. The lowest BCUT2D eigenvalue weighted by Gasteiger charge is -2.18. The number of likely N-dealkylation sites (N-methyl/N-ethyl adjacent to an activating group) is 1. The predicted octanol–water partition coefficient (Wildman–Crippen LogP) is 3.79. The van der Waals surface area contributed by atoms with E-state index < -0.39 is 11.6 Å². The minimum absolute atomic E-state index is 0.226. The second kappa shape index (κ2) is 6.68. The van der Waals surface area contributed by atoms with Crippen molar-refractivity contribution >= 4 is 0 Å². The first-order valence-corrected chi connectivity index (χ1v) is 6.81. The van der Waals surface area contributed by atoms with Gasteiger partial charge in [-0.05, 0) is 49.7 Å². The molecule has 0 aliphatic carbocycles. The Hall–Kier alpha value is -1.94. The molecule has 21 heavy (non-hydrogen) atoms. The smallest absolute Gasteiger partial charge is 0.130 e. The van der Waals surface area contributed by atoms with E-state index in [0.29, 0.717) is 17.5 Å². The van der Waals surface area contributed by atoms with E-state index in [-0.39, 0.29) is 6.04 Å². The maximum absolute atomic E-state index is 14.0. The molecular weight excluding hydrogens is 272 g/mol. The molecule has 0 heterocycles. The Kier molecular flexibility index (Phi) is 4.91. The van der Waals surface area contributed by atoms with Gasteiger partial charge in [-0.25, -0.2) is 8.78 Å². The molecule has 112 valence electrons. The van der Waals surface area contributed by atoms with E-state index in [4.69, 9.17) is 4.74 Å². The topological polar surface area (TPSA) is 21.3 Å². The molecule has 0 aromatic heterocycles. The fraction of sp³-hybridized carbons (Fsp3) is 0.294. The number of nitrogens with one attached hydrogen (secondary N) is 1. The summed E-state index contributed by atoms with van der Waals surface area (Å²) in [6.07, 6.45) is 0.593. The van der Waals surface area contributed by atoms with Gasteiger partial charge >= 0.3 is 0 Å². The molecule has 2 aromatic carbocycles. The monoisotopic (exact) mass is 291 g/mol. The van der Waals surface area contributed by atoms with E-state index in [1.54, 1.807) is 27.1 Å². The van der Waals surface area contributed by atoms with E-state index >= 15 is 0 Å². The highest BCUT2D eigenvalue weighted by atomic mass is 19.1. The lowest BCUT2D eigenvalue weighted by molar-refractivity contribution is 0.414. The lowest BCUT2D eigenvalue weighted by atomic mass is 9.97. The zero-order valence-electron chi connectivity index (χ0n) is 12.4. The van der Waals surface area contributed by atoms with Gasteiger partial charge in [-0.3, -0.25) is 0 Å². The van der Waals surface area contributed by atoms with Gasteiger partial charge in [-0.1, -0.05) is 12.1 Å². The minimum Gasteiger partial charge on any atom is -0.497 e. The molecule has 2 nitrogen and oxygen atoms in total. The molecule has 0 fully saturated rings. The van der Waals surface area contributed by atoms with Gasteiger partial charge in [-0.2, -0.15) is 0 Å². The van der Waals surface area contributed by atoms with Gasteiger partial charge in [0.15, 0.2) is 0 Å². The Morgan fingerprint density at radius 2 is 1.90 bits per heavy atom. The maximum Gasteiger partial charge on any atom is 0.130 e. The average molecular weight is 291 g/mol. The number of hydrogen-bond acceptors (Lipinski definition) is 2. The van der Waals surface area contributed by atoms with Crippen LogP contribution in [0.25, 0.3) is 0 Å². The number of halogens is 2. The first-order chi connectivity index (χ1) is 10.0. The van der Waals surface area contributed by atoms with E-state index in [1.165, 1.54) is 0 Å². The third kappa shape index (κ3) is 3.58. The fourth-order valence-electron chi connectivity index (χ4n) is 2.35. The van der Waals surface area contributed by atoms with Crippen LogP contribution in [0.3, 0.4) is 0 Å². The molecule has 2 aromatic rings. The average Bonchev–Trinajstić information content (AvgIpc) is 2.49. The minimum atomic E-state index is -0.527. The first kappa shape index (κ1) is 15.4. The Bertz CT molecular complexity index is 628. The van der Waals surface area contributed by atoms with Crippen LogP contribution >= 0.6 is 0 Å². The highest BCUT2D eigenvalue weighted by molar-refractivity contribution is 5.33. The second-order valence-electron chi connectivity index (χ2n) is 5.02. The number of rotatable bonds is 5. The summed E-state index contributed by atoms with van der Waals surface area (Å²) in [5.41, 5.74) is 1.94. The molecule has 0 aliphatic heterocycles. The number of ether oxygens (including phenoxy) is 1. The quantitative estimate of drug-likeness (QED) is 0.905. The molecule has 0 spiro atoms. The third-order valence-corrected chi connectivity index (χ3v) is 3.58. The third-order valence-electron chi connectivity index (χ3n) is 3.58. The zero-order chi connectivity index (χ0) is 15.4. The highest BCUT2D eigenvalue weighted by Crippen LogP contribution is 2.25. The van der Waals surface area contributed by atoms with Crippen LogP contribution in [0.15, 0.2) is 36.4 Å². The van der Waals surface area contributed by atoms with E-state index in [2.05, 4.69) is 5.32 Å². The van der Waals surface area contributed by atoms with Gasteiger partial charge in [0.1, 0.15) is 17.4 Å². The summed E-state index contributed by atoms with van der Waals surface area (Å²) < 4.78 is 32.6. The molecule has 2 rings (SSSR count). The largest absolute Gasteiger partial charge is 0.497 e. The van der Waals surface area contributed by atoms with Crippen LogP contribution < -0.4 is 10.1 Å². The van der Waals surface area contributed by atoms with Crippen molar-refractivity contribution in [2.45, 2.75) is 19.4 Å². The summed E-state index contributed by atoms with van der Waals surface area (Å²) in [5.74, 6) is -0.286. The van der Waals surface area contributed by atoms with Crippen molar-refractivity contribution in [2.75, 3.05) is 14.2 Å². The van der Waals surface area contributed by atoms with E-state index in [0.717, 1.165) is 17.4 Å². The molecule has 0 bridgehead atoms. The molecule has 0 aliphatic rings. The SMILES string of the molecule is CNC(Cc1cccc(OC)c1)c1cc(C)c(F)cc1F. The molecule has 0 saturated heterocycles. The number of methoxy groups -OCH3 is 1. The zero-order valence-corrected chi connectivity index (χ0v) is 12.4. The van der Waals surface area contributed by atoms with Gasteiger partial charge in [0.25, 0.3) is 0 Å². The second-order valence-corrected chi connectivity index (χ2v) is 5.02. The summed E-state index contributed by atoms with van der Waals surface area (Å²) in [5, 5.41) is 3.09. The van der Waals surface area contributed by atoms with Crippen molar-refractivity contribution in [3.8, 4) is 5.75 Å². The van der Waals surface area contributed by atoms with Crippen molar-refractivity contribution in [3.05, 3.63) is 64.7 Å². The molecule has 1 atom stereocenters. The summed E-state index contributed by atoms with van der Waals surface area (Å²) in [6, 6.07) is 9.91. The molecule has 1 N–H and O–H groups in total. The standard InChI is InChI=1S/C17H19F2NO/c1-11-7-14(16(19)10-15(11)18)17(20-2)9-12-5-4-6-13(8-12)21-3/h4-8,10,17,20H,9H2,1-3H3. The molecule has 4 heteroatoms. The molecule has 0 saturated carbocycles. The Morgan fingerprint density at radius 3 is 2.57 bits per heavy atom.